The summed E-state index contributed by atoms with van der Waals surface area (Å²) in [5.41, 5.74) is 0. The molecule has 0 radical (unpaired) electrons. The van der Waals surface area contributed by atoms with Crippen molar-refractivity contribution < 1.29 is 14.7 Å². The van der Waals surface area contributed by atoms with Gasteiger partial charge in [0.2, 0.25) is 6.29 Å². The van der Waals surface area contributed by atoms with Gasteiger partial charge in [0.25, 0.3) is 5.09 Å². The Morgan fingerprint density at radius 1 is 2.00 bits per heavy atom. The molecule has 40 valence electrons. The van der Waals surface area contributed by atoms with Crippen molar-refractivity contribution in [1.82, 2.24) is 0 Å². The summed E-state index contributed by atoms with van der Waals surface area (Å²) in [7, 11) is 0. The zero-order valence-electron chi connectivity index (χ0n) is 3.36. The summed E-state index contributed by atoms with van der Waals surface area (Å²) in [6.07, 6.45) is -0.574. The molecule has 0 bridgehead atoms. The van der Waals surface area contributed by atoms with E-state index in [1.807, 2.05) is 0 Å². The molecule has 1 fully saturated rings. The van der Waals surface area contributed by atoms with E-state index in [1.54, 1.807) is 0 Å². The van der Waals surface area contributed by atoms with Gasteiger partial charge >= 0.3 is 0 Å². The van der Waals surface area contributed by atoms with Crippen molar-refractivity contribution in [2.75, 3.05) is 6.61 Å². The lowest BCUT2D eigenvalue weighted by molar-refractivity contribution is -0.766. The third kappa shape index (κ3) is 1.36. The molecule has 0 spiro atoms. The highest BCUT2D eigenvalue weighted by Crippen LogP contribution is 2.08. The maximum Gasteiger partial charge on any atom is 0.297 e. The summed E-state index contributed by atoms with van der Waals surface area (Å²) in [6.45, 7) is 0.348. The molecule has 7 heavy (non-hydrogen) atoms. The summed E-state index contributed by atoms with van der Waals surface area (Å²) in [5, 5.41) is 8.49. The van der Waals surface area contributed by atoms with Gasteiger partial charge in [-0.1, -0.05) is 0 Å². The molecule has 0 aromatic heterocycles. The Kier molecular flexibility index (Phi) is 0.828. The minimum Gasteiger partial charge on any atom is -0.346 e. The highest BCUT2D eigenvalue weighted by atomic mass is 17.0. The molecule has 0 saturated carbocycles. The third-order valence-corrected chi connectivity index (χ3v) is 0.506. The Morgan fingerprint density at radius 3 is 2.71 bits per heavy atom. The van der Waals surface area contributed by atoms with E-state index in [9.17, 15) is 10.1 Å². The van der Waals surface area contributed by atoms with Crippen LogP contribution in [0.3, 0.4) is 0 Å². The number of hydrogen-bond donors (Lipinski definition) is 0. The van der Waals surface area contributed by atoms with Crippen molar-refractivity contribution in [3.05, 3.63) is 10.1 Å². The van der Waals surface area contributed by atoms with Crippen molar-refractivity contribution >= 4 is 0 Å². The van der Waals surface area contributed by atoms with Crippen LogP contribution in [0.1, 0.15) is 0 Å². The Bertz CT molecular complexity index is 87.7. The first-order valence-electron chi connectivity index (χ1n) is 1.72. The van der Waals surface area contributed by atoms with E-state index in [2.05, 4.69) is 9.57 Å². The van der Waals surface area contributed by atoms with Crippen molar-refractivity contribution in [2.45, 2.75) is 6.29 Å². The fraction of sp³-hybridized carbons (Fsp3) is 1.00. The normalized spacial score (nSPS) is 26.6. The van der Waals surface area contributed by atoms with Crippen LogP contribution in [0.25, 0.3) is 0 Å². The zero-order valence-corrected chi connectivity index (χ0v) is 3.36. The van der Waals surface area contributed by atoms with E-state index in [1.165, 1.54) is 0 Å². The van der Waals surface area contributed by atoms with E-state index in [0.717, 1.165) is 0 Å². The topological polar surface area (TPSA) is 64.9 Å². The Hall–Kier alpha value is -0.840. The second kappa shape index (κ2) is 1.34. The molecule has 1 rings (SSSR count). The van der Waals surface area contributed by atoms with Gasteiger partial charge in [0, 0.05) is 0 Å². The highest BCUT2D eigenvalue weighted by Gasteiger charge is 2.26. The molecule has 0 amide bonds. The van der Waals surface area contributed by atoms with Crippen molar-refractivity contribution in [3.8, 4) is 0 Å². The first-order chi connectivity index (χ1) is 3.29. The van der Waals surface area contributed by atoms with Crippen LogP contribution in [0.4, 0.5) is 0 Å². The summed E-state index contributed by atoms with van der Waals surface area (Å²) in [6, 6.07) is 0. The molecule has 1 atom stereocenters. The summed E-state index contributed by atoms with van der Waals surface area (Å²) < 4.78 is 4.36. The largest absolute Gasteiger partial charge is 0.346 e. The highest BCUT2D eigenvalue weighted by molar-refractivity contribution is 4.50. The van der Waals surface area contributed by atoms with Gasteiger partial charge in [0.05, 0.1) is 0 Å². The minimum atomic E-state index is -0.863. The lowest BCUT2D eigenvalue weighted by atomic mass is 10.9. The molecule has 1 unspecified atom stereocenters. The van der Waals surface area contributed by atoms with E-state index in [0.29, 0.717) is 6.61 Å². The smallest absolute Gasteiger partial charge is 0.297 e. The number of ether oxygens (including phenoxy) is 1. The molecule has 5 nitrogen and oxygen atoms in total. The molecule has 1 heterocycles. The molecule has 0 aromatic rings. The van der Waals surface area contributed by atoms with Gasteiger partial charge < -0.3 is 4.74 Å². The van der Waals surface area contributed by atoms with Crippen molar-refractivity contribution in [3.63, 3.8) is 0 Å². The summed E-state index contributed by atoms with van der Waals surface area (Å²) in [5.74, 6) is 0. The Morgan fingerprint density at radius 2 is 2.57 bits per heavy atom. The van der Waals surface area contributed by atoms with Gasteiger partial charge in [-0.25, -0.2) is 0 Å². The number of rotatable bonds is 2. The van der Waals surface area contributed by atoms with Gasteiger partial charge in [-0.3, -0.25) is 4.84 Å². The van der Waals surface area contributed by atoms with Gasteiger partial charge in [0.1, 0.15) is 6.61 Å². The SMILES string of the molecule is O=[N+]([O-])OC1CO1. The molecule has 0 aliphatic carbocycles. The van der Waals surface area contributed by atoms with E-state index >= 15 is 0 Å². The first-order valence-corrected chi connectivity index (χ1v) is 1.72. The molecular weight excluding hydrogens is 102 g/mol. The van der Waals surface area contributed by atoms with Gasteiger partial charge in [-0.15, -0.1) is 10.1 Å². The standard InChI is InChI=1S/C2H3NO4/c4-3(5)7-2-1-6-2/h2H,1H2. The quantitative estimate of drug-likeness (QED) is 0.271. The lowest BCUT2D eigenvalue weighted by Gasteiger charge is -1.83. The van der Waals surface area contributed by atoms with Crippen LogP contribution in [-0.2, 0) is 9.57 Å². The molecule has 1 aliphatic heterocycles. The van der Waals surface area contributed by atoms with Crippen molar-refractivity contribution in [2.24, 2.45) is 0 Å². The Labute approximate surface area is 38.9 Å². The van der Waals surface area contributed by atoms with Crippen LogP contribution < -0.4 is 0 Å². The van der Waals surface area contributed by atoms with Crippen molar-refractivity contribution in [1.29, 1.82) is 0 Å². The van der Waals surface area contributed by atoms with Gasteiger partial charge in [0.15, 0.2) is 0 Å². The monoisotopic (exact) mass is 105 g/mol. The van der Waals surface area contributed by atoms with Crippen LogP contribution in [0.2, 0.25) is 0 Å². The molecule has 0 N–H and O–H groups in total. The maximum atomic E-state index is 9.35. The first kappa shape index (κ1) is 4.32. The number of epoxide rings is 1. The van der Waals surface area contributed by atoms with E-state index in [-0.39, 0.29) is 0 Å². The second-order valence-electron chi connectivity index (χ2n) is 1.09. The number of hydrogen-bond acceptors (Lipinski definition) is 4. The average molecular weight is 105 g/mol. The van der Waals surface area contributed by atoms with Gasteiger partial charge in [-0.2, -0.15) is 0 Å². The third-order valence-electron chi connectivity index (χ3n) is 0.506. The average Bonchev–Trinajstić information content (AvgIpc) is 2.17. The molecule has 5 heteroatoms. The predicted octanol–water partition coefficient (Wildman–Crippen LogP) is -0.449. The molecule has 1 aliphatic rings. The number of nitrogens with zero attached hydrogens (tertiary/aromatic N) is 1. The van der Waals surface area contributed by atoms with Gasteiger partial charge in [-0.05, 0) is 0 Å². The Balaban J connectivity index is 2.08. The lowest BCUT2D eigenvalue weighted by Crippen LogP contribution is -2.02. The van der Waals surface area contributed by atoms with E-state index < -0.39 is 11.4 Å². The predicted molar refractivity (Wildman–Crippen MR) is 17.8 cm³/mol. The minimum absolute atomic E-state index is 0.348. The fourth-order valence-electron chi connectivity index (χ4n) is 0.196. The molecular formula is C2H3NO4. The van der Waals surface area contributed by atoms with Crippen LogP contribution in [0.15, 0.2) is 0 Å². The van der Waals surface area contributed by atoms with Crippen LogP contribution in [-0.4, -0.2) is 18.0 Å². The zero-order chi connectivity index (χ0) is 5.28. The molecule has 0 aromatic carbocycles. The maximum absolute atomic E-state index is 9.35. The van der Waals surface area contributed by atoms with E-state index in [4.69, 9.17) is 0 Å². The fourth-order valence-corrected chi connectivity index (χ4v) is 0.196. The van der Waals surface area contributed by atoms with Crippen LogP contribution in [0, 0.1) is 10.1 Å². The van der Waals surface area contributed by atoms with Crippen LogP contribution >= 0.6 is 0 Å². The van der Waals surface area contributed by atoms with Crippen LogP contribution in [0.5, 0.6) is 0 Å². The summed E-state index contributed by atoms with van der Waals surface area (Å²) >= 11 is 0. The molecule has 1 saturated heterocycles. The second-order valence-corrected chi connectivity index (χ2v) is 1.09. The summed E-state index contributed by atoms with van der Waals surface area (Å²) in [4.78, 5) is 13.2.